The van der Waals surface area contributed by atoms with E-state index in [0.29, 0.717) is 5.75 Å². The predicted octanol–water partition coefficient (Wildman–Crippen LogP) is 1.84. The quantitative estimate of drug-likeness (QED) is 0.369. The fourth-order valence-electron chi connectivity index (χ4n) is 4.10. The number of rotatable bonds is 12. The van der Waals surface area contributed by atoms with Crippen molar-refractivity contribution in [1.29, 1.82) is 0 Å². The lowest BCUT2D eigenvalue weighted by atomic mass is 9.99. The molecule has 186 valence electrons. The van der Waals surface area contributed by atoms with Crippen LogP contribution >= 0.6 is 0 Å². The topological polar surface area (TPSA) is 120 Å². The maximum absolute atomic E-state index is 11.2. The fourth-order valence-corrected chi connectivity index (χ4v) is 4.10. The van der Waals surface area contributed by atoms with Crippen LogP contribution in [-0.4, -0.2) is 81.6 Å². The van der Waals surface area contributed by atoms with E-state index in [2.05, 4.69) is 36.1 Å². The number of carboxylic acid groups (broad SMARTS) is 1. The van der Waals surface area contributed by atoms with Gasteiger partial charge in [-0.3, -0.25) is 0 Å². The summed E-state index contributed by atoms with van der Waals surface area (Å²) < 4.78 is 10.7. The van der Waals surface area contributed by atoms with Crippen molar-refractivity contribution in [2.24, 2.45) is 0 Å². The number of carboxylic acids is 1. The summed E-state index contributed by atoms with van der Waals surface area (Å²) in [6.07, 6.45) is -3.94. The molecule has 5 atom stereocenters. The van der Waals surface area contributed by atoms with E-state index in [1.807, 2.05) is 18.2 Å². The number of aliphatic carboxylic acids is 1. The van der Waals surface area contributed by atoms with Gasteiger partial charge in [0.25, 0.3) is 0 Å². The van der Waals surface area contributed by atoms with Gasteiger partial charge in [-0.2, -0.15) is 0 Å². The Bertz CT molecular complexity index is 876. The molecule has 3 unspecified atom stereocenters. The Kier molecular flexibility index (Phi) is 9.86. The zero-order valence-corrected chi connectivity index (χ0v) is 19.5. The van der Waals surface area contributed by atoms with Crippen LogP contribution in [0.15, 0.2) is 54.6 Å². The third kappa shape index (κ3) is 7.25. The van der Waals surface area contributed by atoms with Gasteiger partial charge in [0, 0.05) is 0 Å². The summed E-state index contributed by atoms with van der Waals surface area (Å²) >= 11 is 0. The number of nitrogens with zero attached hydrogens (tertiary/aromatic N) is 1. The first kappa shape index (κ1) is 26.1. The molecule has 4 N–H and O–H groups in total. The average molecular weight is 474 g/mol. The van der Waals surface area contributed by atoms with Crippen molar-refractivity contribution in [2.75, 3.05) is 19.6 Å². The molecule has 0 amide bonds. The Morgan fingerprint density at radius 1 is 0.882 bits per heavy atom. The van der Waals surface area contributed by atoms with Crippen LogP contribution in [0.25, 0.3) is 0 Å². The van der Waals surface area contributed by atoms with Crippen LogP contribution in [0, 0.1) is 0 Å². The summed E-state index contributed by atoms with van der Waals surface area (Å²) in [6.45, 7) is 5.28. The lowest BCUT2D eigenvalue weighted by Crippen LogP contribution is -2.61. The highest BCUT2D eigenvalue weighted by atomic mass is 16.7. The molecule has 34 heavy (non-hydrogen) atoms. The monoisotopic (exact) mass is 473 g/mol. The lowest BCUT2D eigenvalue weighted by molar-refractivity contribution is -0.271. The van der Waals surface area contributed by atoms with Crippen molar-refractivity contribution in [3.8, 4) is 5.75 Å². The molecule has 3 rings (SSSR count). The summed E-state index contributed by atoms with van der Waals surface area (Å²) in [6, 6.07) is 17.8. The summed E-state index contributed by atoms with van der Waals surface area (Å²) in [5.41, 5.74) is 2.51. The number of aliphatic hydroxyl groups excluding tert-OH is 3. The van der Waals surface area contributed by atoms with Crippen LogP contribution < -0.4 is 4.74 Å². The molecule has 1 fully saturated rings. The van der Waals surface area contributed by atoms with Crippen LogP contribution in [0.3, 0.4) is 0 Å². The molecule has 0 saturated carbocycles. The van der Waals surface area contributed by atoms with Gasteiger partial charge >= 0.3 is 5.97 Å². The number of ether oxygens (including phenoxy) is 2. The van der Waals surface area contributed by atoms with Crippen molar-refractivity contribution in [3.05, 3.63) is 65.7 Å². The summed E-state index contributed by atoms with van der Waals surface area (Å²) in [4.78, 5) is 13.7. The Morgan fingerprint density at radius 2 is 1.47 bits per heavy atom. The highest BCUT2D eigenvalue weighted by molar-refractivity contribution is 5.73. The molecule has 1 heterocycles. The van der Waals surface area contributed by atoms with Crippen molar-refractivity contribution < 1.29 is 34.7 Å². The molecule has 8 heteroatoms. The highest BCUT2D eigenvalue weighted by Gasteiger charge is 2.48. The van der Waals surface area contributed by atoms with Gasteiger partial charge in [-0.25, -0.2) is 4.79 Å². The van der Waals surface area contributed by atoms with Gasteiger partial charge < -0.3 is 34.8 Å². The first-order valence-electron chi connectivity index (χ1n) is 11.8. The number of carbonyl (C=O) groups is 1. The van der Waals surface area contributed by atoms with E-state index in [0.717, 1.165) is 50.9 Å². The number of hydrogen-bond acceptors (Lipinski definition) is 7. The number of aryl methyl sites for hydroxylation is 2. The van der Waals surface area contributed by atoms with E-state index >= 15 is 0 Å². The zero-order valence-electron chi connectivity index (χ0n) is 19.5. The second kappa shape index (κ2) is 12.8. The second-order valence-corrected chi connectivity index (χ2v) is 8.62. The van der Waals surface area contributed by atoms with E-state index < -0.39 is 36.7 Å². The van der Waals surface area contributed by atoms with E-state index in [4.69, 9.17) is 14.6 Å². The standard InChI is InChI=1S/C26H35NO7/c1-2-27(16-6-10-18-8-4-3-5-9-18)17-7-11-19-12-14-20(15-13-19)33-26-23(30)21(28)22(29)24(34-26)25(31)32/h3-5,8-9,12-15,21-24,26,28-30H,2,6-7,10-11,16-17H2,1H3,(H,31,32)/t21?,22-,23?,24?,26-/m1/s1. The molecule has 0 bridgehead atoms. The van der Waals surface area contributed by atoms with Crippen LogP contribution in [0.4, 0.5) is 0 Å². The van der Waals surface area contributed by atoms with Crippen LogP contribution in [-0.2, 0) is 22.4 Å². The smallest absolute Gasteiger partial charge is 0.335 e. The maximum Gasteiger partial charge on any atom is 0.335 e. The van der Waals surface area contributed by atoms with E-state index in [-0.39, 0.29) is 0 Å². The summed E-state index contributed by atoms with van der Waals surface area (Å²) in [5, 5.41) is 38.9. The second-order valence-electron chi connectivity index (χ2n) is 8.62. The average Bonchev–Trinajstić information content (AvgIpc) is 2.84. The third-order valence-electron chi connectivity index (χ3n) is 6.16. The maximum atomic E-state index is 11.2. The molecule has 1 aliphatic rings. The van der Waals surface area contributed by atoms with Gasteiger partial charge in [0.15, 0.2) is 6.10 Å². The molecular formula is C26H35NO7. The van der Waals surface area contributed by atoms with Gasteiger partial charge in [0.05, 0.1) is 0 Å². The van der Waals surface area contributed by atoms with Gasteiger partial charge in [-0.05, 0) is 68.6 Å². The SMILES string of the molecule is CCN(CCCc1ccccc1)CCCc1ccc(O[C@@H]2OC(C(=O)O)[C@H](O)C(O)C2O)cc1. The lowest BCUT2D eigenvalue weighted by Gasteiger charge is -2.38. The molecule has 8 nitrogen and oxygen atoms in total. The van der Waals surface area contributed by atoms with Crippen LogP contribution in [0.2, 0.25) is 0 Å². The molecule has 0 aliphatic carbocycles. The Hall–Kier alpha value is -2.49. The van der Waals surface area contributed by atoms with Crippen LogP contribution in [0.1, 0.15) is 30.9 Å². The number of aliphatic hydroxyl groups is 3. The third-order valence-corrected chi connectivity index (χ3v) is 6.16. The van der Waals surface area contributed by atoms with E-state index in [1.54, 1.807) is 12.1 Å². The van der Waals surface area contributed by atoms with Gasteiger partial charge in [0.2, 0.25) is 6.29 Å². The Balaban J connectivity index is 1.43. The molecule has 1 saturated heterocycles. The largest absolute Gasteiger partial charge is 0.479 e. The van der Waals surface area contributed by atoms with E-state index in [1.165, 1.54) is 5.56 Å². The van der Waals surface area contributed by atoms with Crippen molar-refractivity contribution in [3.63, 3.8) is 0 Å². The predicted molar refractivity (Wildman–Crippen MR) is 127 cm³/mol. The van der Waals surface area contributed by atoms with Crippen LogP contribution in [0.5, 0.6) is 5.75 Å². The minimum Gasteiger partial charge on any atom is -0.479 e. The van der Waals surface area contributed by atoms with E-state index in [9.17, 15) is 20.1 Å². The van der Waals surface area contributed by atoms with Crippen molar-refractivity contribution >= 4 is 5.97 Å². The number of benzene rings is 2. The fraction of sp³-hybridized carbons (Fsp3) is 0.500. The van der Waals surface area contributed by atoms with Crippen molar-refractivity contribution in [1.82, 2.24) is 4.90 Å². The summed E-state index contributed by atoms with van der Waals surface area (Å²) in [5.74, 6) is -1.07. The van der Waals surface area contributed by atoms with Gasteiger partial charge in [0.1, 0.15) is 24.1 Å². The molecular weight excluding hydrogens is 438 g/mol. The molecule has 2 aromatic rings. The number of hydrogen-bond donors (Lipinski definition) is 4. The molecule has 0 radical (unpaired) electrons. The normalized spacial score (nSPS) is 24.8. The summed E-state index contributed by atoms with van der Waals surface area (Å²) in [7, 11) is 0. The minimum absolute atomic E-state index is 0.372. The molecule has 0 aromatic heterocycles. The van der Waals surface area contributed by atoms with Gasteiger partial charge in [-0.15, -0.1) is 0 Å². The highest BCUT2D eigenvalue weighted by Crippen LogP contribution is 2.25. The Morgan fingerprint density at radius 3 is 2.03 bits per heavy atom. The molecule has 0 spiro atoms. The molecule has 1 aliphatic heterocycles. The van der Waals surface area contributed by atoms with Crippen molar-refractivity contribution in [2.45, 2.75) is 63.3 Å². The first-order chi connectivity index (χ1) is 16.4. The first-order valence-corrected chi connectivity index (χ1v) is 11.8. The molecule has 2 aromatic carbocycles. The zero-order chi connectivity index (χ0) is 24.5. The minimum atomic E-state index is -1.74. The Labute approximate surface area is 200 Å². The van der Waals surface area contributed by atoms with Gasteiger partial charge in [-0.1, -0.05) is 49.4 Å².